The highest BCUT2D eigenvalue weighted by Crippen LogP contribution is 2.21. The SMILES string of the molecule is CS(=O)(=O)N1CCN(CC(=O)Nc2ccc(N3CCCCCC3)cc2)CC1. The fourth-order valence-corrected chi connectivity index (χ4v) is 4.53. The zero-order valence-electron chi connectivity index (χ0n) is 16.1. The number of anilines is 2. The van der Waals surface area contributed by atoms with Crippen molar-refractivity contribution in [2.75, 3.05) is 62.3 Å². The van der Waals surface area contributed by atoms with Crippen LogP contribution >= 0.6 is 0 Å². The van der Waals surface area contributed by atoms with Crippen LogP contribution in [0.3, 0.4) is 0 Å². The highest BCUT2D eigenvalue weighted by molar-refractivity contribution is 7.88. The number of nitrogens with zero attached hydrogens (tertiary/aromatic N) is 3. The minimum Gasteiger partial charge on any atom is -0.372 e. The first-order chi connectivity index (χ1) is 12.9. The summed E-state index contributed by atoms with van der Waals surface area (Å²) in [6, 6.07) is 8.07. The summed E-state index contributed by atoms with van der Waals surface area (Å²) in [7, 11) is -3.14. The minimum absolute atomic E-state index is 0.0645. The number of amides is 1. The third-order valence-corrected chi connectivity index (χ3v) is 6.59. The molecule has 0 saturated carbocycles. The number of hydrogen-bond donors (Lipinski definition) is 1. The molecular formula is C19H30N4O3S. The molecule has 0 aromatic heterocycles. The number of carbonyl (C=O) groups excluding carboxylic acids is 1. The van der Waals surface area contributed by atoms with Crippen molar-refractivity contribution < 1.29 is 13.2 Å². The molecule has 1 aromatic rings. The van der Waals surface area contributed by atoms with Gasteiger partial charge in [-0.2, -0.15) is 4.31 Å². The Labute approximate surface area is 162 Å². The summed E-state index contributed by atoms with van der Waals surface area (Å²) in [6.07, 6.45) is 6.33. The highest BCUT2D eigenvalue weighted by atomic mass is 32.2. The molecule has 1 amide bonds. The minimum atomic E-state index is -3.14. The molecule has 0 atom stereocenters. The number of piperazine rings is 1. The van der Waals surface area contributed by atoms with Gasteiger partial charge in [-0.1, -0.05) is 12.8 Å². The van der Waals surface area contributed by atoms with Crippen molar-refractivity contribution in [1.29, 1.82) is 0 Å². The van der Waals surface area contributed by atoms with Crippen molar-refractivity contribution in [2.45, 2.75) is 25.7 Å². The van der Waals surface area contributed by atoms with E-state index in [0.29, 0.717) is 26.2 Å². The molecule has 0 radical (unpaired) electrons. The molecule has 150 valence electrons. The predicted octanol–water partition coefficient (Wildman–Crippen LogP) is 1.58. The lowest BCUT2D eigenvalue weighted by molar-refractivity contribution is -0.117. The van der Waals surface area contributed by atoms with Crippen molar-refractivity contribution >= 4 is 27.3 Å². The van der Waals surface area contributed by atoms with Gasteiger partial charge < -0.3 is 10.2 Å². The van der Waals surface area contributed by atoms with Crippen molar-refractivity contribution in [1.82, 2.24) is 9.21 Å². The van der Waals surface area contributed by atoms with E-state index in [-0.39, 0.29) is 12.5 Å². The van der Waals surface area contributed by atoms with Crippen LogP contribution < -0.4 is 10.2 Å². The van der Waals surface area contributed by atoms with Gasteiger partial charge in [0.1, 0.15) is 0 Å². The van der Waals surface area contributed by atoms with E-state index in [1.54, 1.807) is 0 Å². The molecule has 2 saturated heterocycles. The van der Waals surface area contributed by atoms with Gasteiger partial charge in [-0.25, -0.2) is 8.42 Å². The van der Waals surface area contributed by atoms with Crippen LogP contribution in [0.5, 0.6) is 0 Å². The summed E-state index contributed by atoms with van der Waals surface area (Å²) in [4.78, 5) is 16.7. The van der Waals surface area contributed by atoms with Crippen LogP contribution in [0.2, 0.25) is 0 Å². The normalized spacial score (nSPS) is 20.3. The molecule has 0 aliphatic carbocycles. The maximum atomic E-state index is 12.3. The Morgan fingerprint density at radius 3 is 2.07 bits per heavy atom. The van der Waals surface area contributed by atoms with Crippen LogP contribution in [-0.2, 0) is 14.8 Å². The standard InChI is InChI=1S/C19H30N4O3S/c1-27(25,26)23-14-12-21(13-15-23)16-19(24)20-17-6-8-18(9-7-17)22-10-4-2-3-5-11-22/h6-9H,2-5,10-16H2,1H3,(H,20,24). The molecule has 0 unspecified atom stereocenters. The summed E-state index contributed by atoms with van der Waals surface area (Å²) in [5.74, 6) is -0.0645. The maximum Gasteiger partial charge on any atom is 0.238 e. The van der Waals surface area contributed by atoms with Gasteiger partial charge in [0.25, 0.3) is 0 Å². The Kier molecular flexibility index (Phi) is 6.73. The summed E-state index contributed by atoms with van der Waals surface area (Å²) in [5.41, 5.74) is 2.01. The maximum absolute atomic E-state index is 12.3. The first-order valence-corrected chi connectivity index (χ1v) is 11.6. The fraction of sp³-hybridized carbons (Fsp3) is 0.632. The van der Waals surface area contributed by atoms with E-state index in [9.17, 15) is 13.2 Å². The lowest BCUT2D eigenvalue weighted by Gasteiger charge is -2.32. The van der Waals surface area contributed by atoms with Crippen molar-refractivity contribution in [3.05, 3.63) is 24.3 Å². The zero-order valence-corrected chi connectivity index (χ0v) is 16.9. The molecule has 3 rings (SSSR count). The molecule has 2 aliphatic heterocycles. The fourth-order valence-electron chi connectivity index (χ4n) is 3.71. The van der Waals surface area contributed by atoms with E-state index < -0.39 is 10.0 Å². The van der Waals surface area contributed by atoms with Gasteiger partial charge in [0.05, 0.1) is 12.8 Å². The predicted molar refractivity (Wildman–Crippen MR) is 109 cm³/mol. The molecule has 0 bridgehead atoms. The number of hydrogen-bond acceptors (Lipinski definition) is 5. The van der Waals surface area contributed by atoms with Crippen LogP contribution in [0.4, 0.5) is 11.4 Å². The molecular weight excluding hydrogens is 364 g/mol. The lowest BCUT2D eigenvalue weighted by Crippen LogP contribution is -2.50. The van der Waals surface area contributed by atoms with Crippen molar-refractivity contribution in [3.63, 3.8) is 0 Å². The number of nitrogens with one attached hydrogen (secondary N) is 1. The molecule has 2 fully saturated rings. The van der Waals surface area contributed by atoms with E-state index >= 15 is 0 Å². The second-order valence-electron chi connectivity index (χ2n) is 7.43. The van der Waals surface area contributed by atoms with E-state index in [1.165, 1.54) is 41.9 Å². The zero-order chi connectivity index (χ0) is 19.3. The number of sulfonamides is 1. The molecule has 1 aromatic carbocycles. The van der Waals surface area contributed by atoms with Crippen LogP contribution in [0.1, 0.15) is 25.7 Å². The highest BCUT2D eigenvalue weighted by Gasteiger charge is 2.24. The summed E-state index contributed by atoms with van der Waals surface area (Å²) in [5, 5.41) is 2.94. The second kappa shape index (κ2) is 9.03. The number of rotatable bonds is 5. The van der Waals surface area contributed by atoms with Gasteiger partial charge in [0, 0.05) is 50.6 Å². The Balaban J connectivity index is 1.47. The van der Waals surface area contributed by atoms with Crippen LogP contribution in [-0.4, -0.2) is 75.6 Å². The van der Waals surface area contributed by atoms with E-state index in [1.807, 2.05) is 17.0 Å². The van der Waals surface area contributed by atoms with Crippen molar-refractivity contribution in [2.24, 2.45) is 0 Å². The summed E-state index contributed by atoms with van der Waals surface area (Å²) < 4.78 is 24.5. The van der Waals surface area contributed by atoms with E-state index in [4.69, 9.17) is 0 Å². The van der Waals surface area contributed by atoms with Crippen LogP contribution in [0.25, 0.3) is 0 Å². The van der Waals surface area contributed by atoms with E-state index in [0.717, 1.165) is 18.8 Å². The van der Waals surface area contributed by atoms with Gasteiger partial charge in [-0.05, 0) is 37.1 Å². The Morgan fingerprint density at radius 1 is 0.926 bits per heavy atom. The average molecular weight is 395 g/mol. The molecule has 2 heterocycles. The Hall–Kier alpha value is -1.64. The van der Waals surface area contributed by atoms with Crippen LogP contribution in [0.15, 0.2) is 24.3 Å². The molecule has 0 spiro atoms. The van der Waals surface area contributed by atoms with E-state index in [2.05, 4.69) is 22.3 Å². The van der Waals surface area contributed by atoms with Gasteiger partial charge in [0.2, 0.25) is 15.9 Å². The Bertz CT molecular complexity index is 720. The molecule has 27 heavy (non-hydrogen) atoms. The van der Waals surface area contributed by atoms with Gasteiger partial charge >= 0.3 is 0 Å². The van der Waals surface area contributed by atoms with Crippen molar-refractivity contribution in [3.8, 4) is 0 Å². The number of carbonyl (C=O) groups is 1. The lowest BCUT2D eigenvalue weighted by atomic mass is 10.2. The third kappa shape index (κ3) is 5.92. The van der Waals surface area contributed by atoms with Crippen LogP contribution in [0, 0.1) is 0 Å². The largest absolute Gasteiger partial charge is 0.372 e. The first-order valence-electron chi connectivity index (χ1n) is 9.74. The molecule has 8 heteroatoms. The number of benzene rings is 1. The molecule has 2 aliphatic rings. The Morgan fingerprint density at radius 2 is 1.52 bits per heavy atom. The average Bonchev–Trinajstić information content (AvgIpc) is 2.91. The summed E-state index contributed by atoms with van der Waals surface area (Å²) >= 11 is 0. The monoisotopic (exact) mass is 394 g/mol. The van der Waals surface area contributed by atoms with Gasteiger partial charge in [-0.3, -0.25) is 9.69 Å². The topological polar surface area (TPSA) is 73.0 Å². The van der Waals surface area contributed by atoms with Gasteiger partial charge in [-0.15, -0.1) is 0 Å². The summed E-state index contributed by atoms with van der Waals surface area (Å²) in [6.45, 7) is 4.53. The smallest absolute Gasteiger partial charge is 0.238 e. The third-order valence-electron chi connectivity index (χ3n) is 5.29. The quantitative estimate of drug-likeness (QED) is 0.821. The molecule has 1 N–H and O–H groups in total. The second-order valence-corrected chi connectivity index (χ2v) is 9.42. The molecule has 7 nitrogen and oxygen atoms in total. The first kappa shape index (κ1) is 20.1. The van der Waals surface area contributed by atoms with Gasteiger partial charge in [0.15, 0.2) is 0 Å².